The first-order chi connectivity index (χ1) is 10.0. The second kappa shape index (κ2) is 6.51. The molecule has 2 unspecified atom stereocenters. The number of benzene rings is 2. The summed E-state index contributed by atoms with van der Waals surface area (Å²) >= 11 is 0. The van der Waals surface area contributed by atoms with Crippen LogP contribution in [-0.2, 0) is 0 Å². The molecule has 0 heterocycles. The van der Waals surface area contributed by atoms with Gasteiger partial charge in [0.25, 0.3) is 0 Å². The van der Waals surface area contributed by atoms with Crippen LogP contribution in [0.1, 0.15) is 48.2 Å². The van der Waals surface area contributed by atoms with Crippen LogP contribution in [0, 0.1) is 24.1 Å². The van der Waals surface area contributed by atoms with Gasteiger partial charge < -0.3 is 5.32 Å². The maximum absolute atomic E-state index is 13.6. The van der Waals surface area contributed by atoms with E-state index in [-0.39, 0.29) is 17.9 Å². The number of hydrogen-bond acceptors (Lipinski definition) is 2. The summed E-state index contributed by atoms with van der Waals surface area (Å²) in [4.78, 5) is 0. The minimum Gasteiger partial charge on any atom is -0.304 e. The lowest BCUT2D eigenvalue weighted by Gasteiger charge is -2.21. The number of nitriles is 1. The minimum atomic E-state index is -0.180. The molecule has 0 aliphatic rings. The summed E-state index contributed by atoms with van der Waals surface area (Å²) in [5, 5.41) is 12.4. The molecule has 0 aliphatic carbocycles. The minimum absolute atomic E-state index is 0.0286. The first-order valence-electron chi connectivity index (χ1n) is 7.03. The molecule has 0 saturated carbocycles. The zero-order valence-corrected chi connectivity index (χ0v) is 12.5. The Morgan fingerprint density at radius 2 is 1.71 bits per heavy atom. The highest BCUT2D eigenvalue weighted by Gasteiger charge is 2.12. The molecule has 0 bridgehead atoms. The zero-order valence-electron chi connectivity index (χ0n) is 12.5. The van der Waals surface area contributed by atoms with Crippen molar-refractivity contribution in [2.75, 3.05) is 0 Å². The van der Waals surface area contributed by atoms with Gasteiger partial charge in [-0.2, -0.15) is 5.26 Å². The maximum Gasteiger partial charge on any atom is 0.126 e. The van der Waals surface area contributed by atoms with Crippen LogP contribution in [0.3, 0.4) is 0 Å². The second-order valence-electron chi connectivity index (χ2n) is 5.36. The number of halogens is 1. The molecule has 2 aromatic rings. The van der Waals surface area contributed by atoms with E-state index in [1.165, 1.54) is 0 Å². The average molecular weight is 282 g/mol. The van der Waals surface area contributed by atoms with Crippen molar-refractivity contribution in [1.29, 1.82) is 5.26 Å². The van der Waals surface area contributed by atoms with Crippen LogP contribution in [0.4, 0.5) is 4.39 Å². The fourth-order valence-electron chi connectivity index (χ4n) is 2.32. The van der Waals surface area contributed by atoms with Crippen molar-refractivity contribution in [3.05, 3.63) is 70.5 Å². The highest BCUT2D eigenvalue weighted by Crippen LogP contribution is 2.21. The average Bonchev–Trinajstić information content (AvgIpc) is 2.49. The summed E-state index contributed by atoms with van der Waals surface area (Å²) in [6.07, 6.45) is 0. The van der Waals surface area contributed by atoms with Gasteiger partial charge in [0.15, 0.2) is 0 Å². The number of rotatable bonds is 4. The van der Waals surface area contributed by atoms with Crippen LogP contribution in [0.25, 0.3) is 0 Å². The fourth-order valence-corrected chi connectivity index (χ4v) is 2.32. The topological polar surface area (TPSA) is 35.8 Å². The standard InChI is InChI=1S/C18H19FN2/c1-12-7-8-17(10-18(12)19)14(3)21-13(2)16-6-4-5-15(9-16)11-20/h4-10,13-14,21H,1-3H3. The van der Waals surface area contributed by atoms with Crippen LogP contribution in [0.5, 0.6) is 0 Å². The smallest absolute Gasteiger partial charge is 0.126 e. The van der Waals surface area contributed by atoms with Crippen LogP contribution >= 0.6 is 0 Å². The highest BCUT2D eigenvalue weighted by atomic mass is 19.1. The lowest BCUT2D eigenvalue weighted by atomic mass is 10.0. The van der Waals surface area contributed by atoms with Gasteiger partial charge in [0, 0.05) is 12.1 Å². The largest absolute Gasteiger partial charge is 0.304 e. The molecule has 0 radical (unpaired) electrons. The lowest BCUT2D eigenvalue weighted by Crippen LogP contribution is -2.22. The van der Waals surface area contributed by atoms with Gasteiger partial charge >= 0.3 is 0 Å². The van der Waals surface area contributed by atoms with Crippen LogP contribution in [0.2, 0.25) is 0 Å². The maximum atomic E-state index is 13.6. The Labute approximate surface area is 125 Å². The Bertz CT molecular complexity index is 673. The Balaban J connectivity index is 2.12. The fraction of sp³-hybridized carbons (Fsp3) is 0.278. The van der Waals surface area contributed by atoms with Gasteiger partial charge in [0.1, 0.15) is 5.82 Å². The molecule has 108 valence electrons. The van der Waals surface area contributed by atoms with Crippen molar-refractivity contribution >= 4 is 0 Å². The molecule has 21 heavy (non-hydrogen) atoms. The first kappa shape index (κ1) is 15.2. The predicted octanol–water partition coefficient (Wildman–Crippen LogP) is 4.42. The summed E-state index contributed by atoms with van der Waals surface area (Å²) in [7, 11) is 0. The molecular formula is C18H19FN2. The van der Waals surface area contributed by atoms with E-state index in [0.717, 1.165) is 11.1 Å². The molecule has 0 amide bonds. The van der Waals surface area contributed by atoms with Crippen molar-refractivity contribution in [3.63, 3.8) is 0 Å². The third-order valence-corrected chi connectivity index (χ3v) is 3.71. The molecule has 2 nitrogen and oxygen atoms in total. The summed E-state index contributed by atoms with van der Waals surface area (Å²) < 4.78 is 13.6. The molecule has 3 heteroatoms. The van der Waals surface area contributed by atoms with E-state index >= 15 is 0 Å². The lowest BCUT2D eigenvalue weighted by molar-refractivity contribution is 0.491. The van der Waals surface area contributed by atoms with E-state index < -0.39 is 0 Å². The van der Waals surface area contributed by atoms with Gasteiger partial charge in [-0.3, -0.25) is 0 Å². The molecule has 0 fully saturated rings. The molecule has 0 aliphatic heterocycles. The molecule has 2 rings (SSSR count). The van der Waals surface area contributed by atoms with E-state index in [9.17, 15) is 4.39 Å². The number of hydrogen-bond donors (Lipinski definition) is 1. The number of nitrogens with zero attached hydrogens (tertiary/aromatic N) is 1. The second-order valence-corrected chi connectivity index (χ2v) is 5.36. The first-order valence-corrected chi connectivity index (χ1v) is 7.03. The quantitative estimate of drug-likeness (QED) is 0.901. The predicted molar refractivity (Wildman–Crippen MR) is 82.3 cm³/mol. The van der Waals surface area contributed by atoms with Crippen LogP contribution < -0.4 is 5.32 Å². The van der Waals surface area contributed by atoms with Crippen molar-refractivity contribution in [3.8, 4) is 6.07 Å². The van der Waals surface area contributed by atoms with E-state index in [1.807, 2.05) is 38.1 Å². The van der Waals surface area contributed by atoms with E-state index in [1.54, 1.807) is 25.1 Å². The van der Waals surface area contributed by atoms with Gasteiger partial charge in [-0.1, -0.05) is 24.3 Å². The molecule has 2 aromatic carbocycles. The van der Waals surface area contributed by atoms with Gasteiger partial charge in [-0.05, 0) is 55.7 Å². The monoisotopic (exact) mass is 282 g/mol. The van der Waals surface area contributed by atoms with E-state index in [0.29, 0.717) is 11.1 Å². The molecule has 0 aromatic heterocycles. The van der Waals surface area contributed by atoms with Gasteiger partial charge in [0.05, 0.1) is 11.6 Å². The Morgan fingerprint density at radius 3 is 2.33 bits per heavy atom. The van der Waals surface area contributed by atoms with Crippen molar-refractivity contribution in [1.82, 2.24) is 5.32 Å². The molecule has 1 N–H and O–H groups in total. The summed E-state index contributed by atoms with van der Waals surface area (Å²) in [6.45, 7) is 5.81. The van der Waals surface area contributed by atoms with E-state index in [4.69, 9.17) is 5.26 Å². The van der Waals surface area contributed by atoms with Gasteiger partial charge in [-0.25, -0.2) is 4.39 Å². The normalized spacial score (nSPS) is 13.5. The van der Waals surface area contributed by atoms with Crippen molar-refractivity contribution in [2.24, 2.45) is 0 Å². The summed E-state index contributed by atoms with van der Waals surface area (Å²) in [5.74, 6) is -0.180. The Kier molecular flexibility index (Phi) is 4.72. The third kappa shape index (κ3) is 3.68. The summed E-state index contributed by atoms with van der Waals surface area (Å²) in [6, 6.07) is 15.1. The third-order valence-electron chi connectivity index (χ3n) is 3.71. The van der Waals surface area contributed by atoms with Gasteiger partial charge in [-0.15, -0.1) is 0 Å². The van der Waals surface area contributed by atoms with Crippen molar-refractivity contribution in [2.45, 2.75) is 32.9 Å². The van der Waals surface area contributed by atoms with Crippen LogP contribution in [-0.4, -0.2) is 0 Å². The highest BCUT2D eigenvalue weighted by molar-refractivity contribution is 5.34. The molecule has 2 atom stereocenters. The molecular weight excluding hydrogens is 263 g/mol. The summed E-state index contributed by atoms with van der Waals surface area (Å²) in [5.41, 5.74) is 3.27. The number of aryl methyl sites for hydroxylation is 1. The van der Waals surface area contributed by atoms with Crippen LogP contribution in [0.15, 0.2) is 42.5 Å². The molecule has 0 saturated heterocycles. The SMILES string of the molecule is Cc1ccc(C(C)NC(C)c2cccc(C#N)c2)cc1F. The number of nitrogens with one attached hydrogen (secondary N) is 1. The zero-order chi connectivity index (χ0) is 15.4. The Morgan fingerprint density at radius 1 is 1.05 bits per heavy atom. The van der Waals surface area contributed by atoms with E-state index in [2.05, 4.69) is 11.4 Å². The van der Waals surface area contributed by atoms with Crippen molar-refractivity contribution < 1.29 is 4.39 Å². The van der Waals surface area contributed by atoms with Gasteiger partial charge in [0.2, 0.25) is 0 Å². The molecule has 0 spiro atoms. The Hall–Kier alpha value is -2.18.